The molecule has 0 aromatic rings. The van der Waals surface area contributed by atoms with Gasteiger partial charge in [-0.25, -0.2) is 0 Å². The first-order valence-corrected chi connectivity index (χ1v) is 5.10. The van der Waals surface area contributed by atoms with Gasteiger partial charge in [0.1, 0.15) is 24.4 Å². The Labute approximate surface area is 87.4 Å². The number of fused-ring (bicyclic) bond motifs is 1. The summed E-state index contributed by atoms with van der Waals surface area (Å²) in [6, 6.07) is 0. The SMILES string of the molecule is CCC1OC[C@H]2O[C@H](O)[C@H](O)[C@@H](O)[C@@H]2O1. The van der Waals surface area contributed by atoms with Gasteiger partial charge in [0, 0.05) is 0 Å². The molecule has 0 bridgehead atoms. The lowest BCUT2D eigenvalue weighted by Gasteiger charge is -2.44. The quantitative estimate of drug-likeness (QED) is 0.502. The minimum absolute atomic E-state index is 0.254. The molecule has 0 radical (unpaired) electrons. The molecule has 6 heteroatoms. The molecule has 0 amide bonds. The highest BCUT2D eigenvalue weighted by molar-refractivity contribution is 4.91. The highest BCUT2D eigenvalue weighted by Gasteiger charge is 2.47. The topological polar surface area (TPSA) is 88.4 Å². The highest BCUT2D eigenvalue weighted by atomic mass is 16.7. The summed E-state index contributed by atoms with van der Waals surface area (Å²) in [5.41, 5.74) is 0. The largest absolute Gasteiger partial charge is 0.387 e. The normalized spacial score (nSPS) is 51.2. The lowest BCUT2D eigenvalue weighted by Crippen LogP contribution is -2.62. The zero-order chi connectivity index (χ0) is 11.0. The van der Waals surface area contributed by atoms with Gasteiger partial charge in [-0.3, -0.25) is 0 Å². The van der Waals surface area contributed by atoms with Crippen molar-refractivity contribution < 1.29 is 29.5 Å². The molecule has 0 aliphatic carbocycles. The number of aliphatic hydroxyl groups is 3. The van der Waals surface area contributed by atoms with Crippen molar-refractivity contribution in [3.63, 3.8) is 0 Å². The maximum atomic E-state index is 9.69. The highest BCUT2D eigenvalue weighted by Crippen LogP contribution is 2.28. The summed E-state index contributed by atoms with van der Waals surface area (Å²) in [5, 5.41) is 28.4. The maximum absolute atomic E-state index is 9.69. The van der Waals surface area contributed by atoms with Crippen LogP contribution in [-0.2, 0) is 14.2 Å². The van der Waals surface area contributed by atoms with Gasteiger partial charge in [-0.15, -0.1) is 0 Å². The number of hydrogen-bond donors (Lipinski definition) is 3. The van der Waals surface area contributed by atoms with E-state index in [1.54, 1.807) is 0 Å². The van der Waals surface area contributed by atoms with Crippen molar-refractivity contribution in [2.45, 2.75) is 50.3 Å². The summed E-state index contributed by atoms with van der Waals surface area (Å²) in [6.07, 6.45) is -4.74. The molecule has 0 saturated carbocycles. The van der Waals surface area contributed by atoms with Crippen LogP contribution < -0.4 is 0 Å². The third-order valence-corrected chi connectivity index (χ3v) is 2.75. The van der Waals surface area contributed by atoms with Crippen LogP contribution in [0.5, 0.6) is 0 Å². The van der Waals surface area contributed by atoms with Gasteiger partial charge in [-0.2, -0.15) is 0 Å². The van der Waals surface area contributed by atoms with Crippen LogP contribution in [0.1, 0.15) is 13.3 Å². The van der Waals surface area contributed by atoms with E-state index in [0.29, 0.717) is 6.42 Å². The average Bonchev–Trinajstić information content (AvgIpc) is 2.26. The first-order valence-electron chi connectivity index (χ1n) is 5.10. The molecule has 2 aliphatic rings. The van der Waals surface area contributed by atoms with Gasteiger partial charge < -0.3 is 29.5 Å². The monoisotopic (exact) mass is 220 g/mol. The Morgan fingerprint density at radius 3 is 2.53 bits per heavy atom. The smallest absolute Gasteiger partial charge is 0.184 e. The molecule has 0 aromatic carbocycles. The third kappa shape index (κ3) is 2.01. The van der Waals surface area contributed by atoms with Crippen molar-refractivity contribution in [2.75, 3.05) is 6.61 Å². The first-order chi connectivity index (χ1) is 7.13. The van der Waals surface area contributed by atoms with Gasteiger partial charge in [0.25, 0.3) is 0 Å². The second kappa shape index (κ2) is 4.32. The van der Waals surface area contributed by atoms with Crippen LogP contribution in [0.2, 0.25) is 0 Å². The molecule has 3 N–H and O–H groups in total. The lowest BCUT2D eigenvalue weighted by atomic mass is 9.98. The predicted molar refractivity (Wildman–Crippen MR) is 47.8 cm³/mol. The molecule has 2 saturated heterocycles. The van der Waals surface area contributed by atoms with Crippen molar-refractivity contribution in [2.24, 2.45) is 0 Å². The van der Waals surface area contributed by atoms with Gasteiger partial charge >= 0.3 is 0 Å². The summed E-state index contributed by atoms with van der Waals surface area (Å²) >= 11 is 0. The van der Waals surface area contributed by atoms with E-state index in [1.807, 2.05) is 6.92 Å². The van der Waals surface area contributed by atoms with E-state index in [2.05, 4.69) is 0 Å². The fourth-order valence-electron chi connectivity index (χ4n) is 1.85. The van der Waals surface area contributed by atoms with Gasteiger partial charge in [0.15, 0.2) is 12.6 Å². The summed E-state index contributed by atoms with van der Waals surface area (Å²) in [4.78, 5) is 0. The molecule has 6 atom stereocenters. The van der Waals surface area contributed by atoms with Crippen LogP contribution >= 0.6 is 0 Å². The molecule has 1 unspecified atom stereocenters. The van der Waals surface area contributed by atoms with E-state index in [0.717, 1.165) is 0 Å². The fraction of sp³-hybridized carbons (Fsp3) is 1.00. The minimum Gasteiger partial charge on any atom is -0.387 e. The molecular formula is C9H16O6. The number of rotatable bonds is 1. The van der Waals surface area contributed by atoms with Gasteiger partial charge in [0.2, 0.25) is 0 Å². The molecule has 0 aromatic heterocycles. The summed E-state index contributed by atoms with van der Waals surface area (Å²) in [6.45, 7) is 2.15. The number of hydrogen-bond acceptors (Lipinski definition) is 6. The second-order valence-corrected chi connectivity index (χ2v) is 3.82. The maximum Gasteiger partial charge on any atom is 0.184 e. The molecular weight excluding hydrogens is 204 g/mol. The lowest BCUT2D eigenvalue weighted by molar-refractivity contribution is -0.352. The Hall–Kier alpha value is -0.240. The Bertz CT molecular complexity index is 221. The van der Waals surface area contributed by atoms with Gasteiger partial charge in [-0.05, 0) is 6.42 Å². The van der Waals surface area contributed by atoms with Crippen LogP contribution in [-0.4, -0.2) is 58.9 Å². The first kappa shape index (κ1) is 11.3. The minimum atomic E-state index is -1.38. The van der Waals surface area contributed by atoms with Crippen LogP contribution in [0.3, 0.4) is 0 Å². The summed E-state index contributed by atoms with van der Waals surface area (Å²) < 4.78 is 15.7. The molecule has 15 heavy (non-hydrogen) atoms. The van der Waals surface area contributed by atoms with E-state index in [4.69, 9.17) is 14.2 Å². The molecule has 2 heterocycles. The molecule has 0 spiro atoms. The summed E-state index contributed by atoms with van der Waals surface area (Å²) in [5.74, 6) is 0. The molecule has 2 aliphatic heterocycles. The van der Waals surface area contributed by atoms with Crippen LogP contribution in [0.15, 0.2) is 0 Å². The molecule has 6 nitrogen and oxygen atoms in total. The summed E-state index contributed by atoms with van der Waals surface area (Å²) in [7, 11) is 0. The second-order valence-electron chi connectivity index (χ2n) is 3.82. The molecule has 88 valence electrons. The van der Waals surface area contributed by atoms with Crippen LogP contribution in [0.25, 0.3) is 0 Å². The van der Waals surface area contributed by atoms with Crippen molar-refractivity contribution in [1.82, 2.24) is 0 Å². The van der Waals surface area contributed by atoms with Crippen LogP contribution in [0, 0.1) is 0 Å². The van der Waals surface area contributed by atoms with Crippen LogP contribution in [0.4, 0.5) is 0 Å². The Morgan fingerprint density at radius 2 is 1.87 bits per heavy atom. The zero-order valence-electron chi connectivity index (χ0n) is 8.44. The van der Waals surface area contributed by atoms with Crippen molar-refractivity contribution in [3.05, 3.63) is 0 Å². The fourth-order valence-corrected chi connectivity index (χ4v) is 1.85. The van der Waals surface area contributed by atoms with Crippen molar-refractivity contribution >= 4 is 0 Å². The van der Waals surface area contributed by atoms with Gasteiger partial charge in [-0.1, -0.05) is 6.92 Å². The van der Waals surface area contributed by atoms with Crippen molar-refractivity contribution in [3.8, 4) is 0 Å². The Kier molecular flexibility index (Phi) is 3.24. The zero-order valence-corrected chi connectivity index (χ0v) is 8.44. The standard InChI is InChI=1S/C9H16O6/c1-2-5-13-3-4-8(15-5)6(10)7(11)9(12)14-4/h4-12H,2-3H2,1H3/t4-,5?,6-,7-,8-,9+/m1/s1. The molecule has 2 rings (SSSR count). The van der Waals surface area contributed by atoms with Crippen molar-refractivity contribution in [1.29, 1.82) is 0 Å². The van der Waals surface area contributed by atoms with E-state index in [9.17, 15) is 15.3 Å². The Balaban J connectivity index is 2.05. The van der Waals surface area contributed by atoms with Gasteiger partial charge in [0.05, 0.1) is 6.61 Å². The Morgan fingerprint density at radius 1 is 1.13 bits per heavy atom. The number of aliphatic hydroxyl groups excluding tert-OH is 3. The predicted octanol–water partition coefficient (Wildman–Crippen LogP) is -1.42. The number of ether oxygens (including phenoxy) is 3. The molecule has 2 fully saturated rings. The third-order valence-electron chi connectivity index (χ3n) is 2.75. The average molecular weight is 220 g/mol. The van der Waals surface area contributed by atoms with E-state index in [-0.39, 0.29) is 12.9 Å². The van der Waals surface area contributed by atoms with E-state index in [1.165, 1.54) is 0 Å². The van der Waals surface area contributed by atoms with E-state index < -0.39 is 30.7 Å². The van der Waals surface area contributed by atoms with E-state index >= 15 is 0 Å².